The van der Waals surface area contributed by atoms with E-state index in [0.29, 0.717) is 6.04 Å². The molecule has 1 saturated heterocycles. The van der Waals surface area contributed by atoms with Crippen molar-refractivity contribution in [3.05, 3.63) is 0 Å². The third kappa shape index (κ3) is 5.09. The quantitative estimate of drug-likeness (QED) is 0.762. The van der Waals surface area contributed by atoms with Crippen molar-refractivity contribution in [2.45, 2.75) is 32.7 Å². The number of nitrogens with zero attached hydrogens (tertiary/aromatic N) is 1. The molecule has 0 aromatic rings. The molecule has 0 spiro atoms. The first-order chi connectivity index (χ1) is 7.26. The molecule has 3 nitrogen and oxygen atoms in total. The molecule has 0 aromatic carbocycles. The summed E-state index contributed by atoms with van der Waals surface area (Å²) in [7, 11) is -0.610. The van der Waals surface area contributed by atoms with E-state index in [1.807, 2.05) is 6.92 Å². The fourth-order valence-electron chi connectivity index (χ4n) is 1.93. The second-order valence-corrected chi connectivity index (χ2v) is 6.01. The molecule has 0 amide bonds. The summed E-state index contributed by atoms with van der Waals surface area (Å²) in [6.45, 7) is 8.63. The number of hydrogen-bond donors (Lipinski definition) is 1. The van der Waals surface area contributed by atoms with Crippen LogP contribution in [0.3, 0.4) is 0 Å². The molecule has 1 aliphatic rings. The summed E-state index contributed by atoms with van der Waals surface area (Å²) in [5.41, 5.74) is 0. The van der Waals surface area contributed by atoms with E-state index < -0.39 is 10.8 Å². The van der Waals surface area contributed by atoms with Crippen molar-refractivity contribution in [3.63, 3.8) is 0 Å². The molecule has 1 heterocycles. The molecule has 0 radical (unpaired) electrons. The summed E-state index contributed by atoms with van der Waals surface area (Å²) in [6, 6.07) is 0.627. The van der Waals surface area contributed by atoms with E-state index in [4.69, 9.17) is 0 Å². The highest BCUT2D eigenvalue weighted by Gasteiger charge is 2.15. The number of rotatable bonds is 5. The van der Waals surface area contributed by atoms with E-state index in [9.17, 15) is 4.21 Å². The molecule has 4 heteroatoms. The summed E-state index contributed by atoms with van der Waals surface area (Å²) in [5, 5.41) is 3.55. The maximum absolute atomic E-state index is 11.4. The van der Waals surface area contributed by atoms with Gasteiger partial charge in [-0.2, -0.15) is 0 Å². The fourth-order valence-corrected chi connectivity index (χ4v) is 2.68. The van der Waals surface area contributed by atoms with Crippen LogP contribution in [0.15, 0.2) is 0 Å². The van der Waals surface area contributed by atoms with Gasteiger partial charge in [0.1, 0.15) is 0 Å². The standard InChI is InChI=1S/C11H24N2OS/c1-3-11-10-13(7-5-6-12-11)8-9-15(14)4-2/h11-12H,3-10H2,1-2H3. The molecule has 1 rings (SSSR count). The van der Waals surface area contributed by atoms with Crippen LogP contribution in [0.4, 0.5) is 0 Å². The van der Waals surface area contributed by atoms with E-state index >= 15 is 0 Å². The summed E-state index contributed by atoms with van der Waals surface area (Å²) in [5.74, 6) is 1.64. The zero-order valence-corrected chi connectivity index (χ0v) is 10.8. The molecule has 2 unspecified atom stereocenters. The van der Waals surface area contributed by atoms with Crippen LogP contribution in [0.1, 0.15) is 26.7 Å². The molecular formula is C11H24N2OS. The van der Waals surface area contributed by atoms with Gasteiger partial charge in [0.05, 0.1) is 0 Å². The summed E-state index contributed by atoms with van der Waals surface area (Å²) < 4.78 is 11.4. The van der Waals surface area contributed by atoms with Gasteiger partial charge in [-0.1, -0.05) is 13.8 Å². The Labute approximate surface area is 96.1 Å². The van der Waals surface area contributed by atoms with Crippen molar-refractivity contribution in [1.82, 2.24) is 10.2 Å². The molecule has 90 valence electrons. The van der Waals surface area contributed by atoms with Crippen molar-refractivity contribution in [2.75, 3.05) is 37.7 Å². The fraction of sp³-hybridized carbons (Fsp3) is 1.00. The van der Waals surface area contributed by atoms with Gasteiger partial charge in [-0.3, -0.25) is 4.21 Å². The predicted octanol–water partition coefficient (Wildman–Crippen LogP) is 0.829. The van der Waals surface area contributed by atoms with Crippen molar-refractivity contribution < 1.29 is 4.21 Å². The Bertz CT molecular complexity index is 199. The SMILES string of the molecule is CCC1CN(CCS(=O)CC)CCCN1. The summed E-state index contributed by atoms with van der Waals surface area (Å²) in [4.78, 5) is 2.46. The van der Waals surface area contributed by atoms with E-state index in [0.717, 1.165) is 37.7 Å². The van der Waals surface area contributed by atoms with Crippen LogP contribution in [0, 0.1) is 0 Å². The van der Waals surface area contributed by atoms with Crippen LogP contribution in [0.5, 0.6) is 0 Å². The van der Waals surface area contributed by atoms with Crippen molar-refractivity contribution in [3.8, 4) is 0 Å². The predicted molar refractivity (Wildman–Crippen MR) is 66.7 cm³/mol. The van der Waals surface area contributed by atoms with Gasteiger partial charge in [0.2, 0.25) is 0 Å². The topological polar surface area (TPSA) is 32.3 Å². The Morgan fingerprint density at radius 1 is 1.47 bits per heavy atom. The highest BCUT2D eigenvalue weighted by Crippen LogP contribution is 2.03. The zero-order chi connectivity index (χ0) is 11.1. The molecule has 0 bridgehead atoms. The van der Waals surface area contributed by atoms with Gasteiger partial charge in [0.15, 0.2) is 0 Å². The average Bonchev–Trinajstić information content (AvgIpc) is 2.50. The first-order valence-electron chi connectivity index (χ1n) is 6.07. The Morgan fingerprint density at radius 2 is 2.27 bits per heavy atom. The van der Waals surface area contributed by atoms with Gasteiger partial charge >= 0.3 is 0 Å². The lowest BCUT2D eigenvalue weighted by molar-refractivity contribution is 0.280. The van der Waals surface area contributed by atoms with E-state index in [1.165, 1.54) is 12.8 Å². The Hall–Kier alpha value is 0.0700. The Morgan fingerprint density at radius 3 is 2.93 bits per heavy atom. The number of nitrogens with one attached hydrogen (secondary N) is 1. The van der Waals surface area contributed by atoms with Crippen LogP contribution in [0.25, 0.3) is 0 Å². The molecule has 0 aliphatic carbocycles. The largest absolute Gasteiger partial charge is 0.313 e. The average molecular weight is 232 g/mol. The minimum atomic E-state index is -0.610. The van der Waals surface area contributed by atoms with E-state index in [-0.39, 0.29) is 0 Å². The first-order valence-corrected chi connectivity index (χ1v) is 7.55. The molecule has 1 aliphatic heterocycles. The van der Waals surface area contributed by atoms with Crippen molar-refractivity contribution in [1.29, 1.82) is 0 Å². The third-order valence-electron chi connectivity index (χ3n) is 3.01. The van der Waals surface area contributed by atoms with Crippen LogP contribution >= 0.6 is 0 Å². The van der Waals surface area contributed by atoms with Crippen LogP contribution in [-0.4, -0.2) is 52.8 Å². The van der Waals surface area contributed by atoms with Gasteiger partial charge in [0, 0.05) is 41.4 Å². The van der Waals surface area contributed by atoms with Gasteiger partial charge in [-0.25, -0.2) is 0 Å². The first kappa shape index (κ1) is 13.1. The monoisotopic (exact) mass is 232 g/mol. The van der Waals surface area contributed by atoms with Crippen LogP contribution in [0.2, 0.25) is 0 Å². The lowest BCUT2D eigenvalue weighted by atomic mass is 10.2. The maximum Gasteiger partial charge on any atom is 0.0362 e. The molecule has 15 heavy (non-hydrogen) atoms. The summed E-state index contributed by atoms with van der Waals surface area (Å²) >= 11 is 0. The van der Waals surface area contributed by atoms with Crippen molar-refractivity contribution in [2.24, 2.45) is 0 Å². The highest BCUT2D eigenvalue weighted by molar-refractivity contribution is 7.84. The molecule has 1 N–H and O–H groups in total. The minimum Gasteiger partial charge on any atom is -0.313 e. The van der Waals surface area contributed by atoms with Gasteiger partial charge in [-0.15, -0.1) is 0 Å². The number of hydrogen-bond acceptors (Lipinski definition) is 3. The molecule has 2 atom stereocenters. The molecule has 0 aromatic heterocycles. The van der Waals surface area contributed by atoms with Gasteiger partial charge in [0.25, 0.3) is 0 Å². The normalized spacial score (nSPS) is 26.1. The summed E-state index contributed by atoms with van der Waals surface area (Å²) in [6.07, 6.45) is 2.41. The van der Waals surface area contributed by atoms with Crippen molar-refractivity contribution >= 4 is 10.8 Å². The van der Waals surface area contributed by atoms with E-state index in [2.05, 4.69) is 17.1 Å². The van der Waals surface area contributed by atoms with Crippen LogP contribution < -0.4 is 5.32 Å². The Balaban J connectivity index is 2.29. The maximum atomic E-state index is 11.4. The third-order valence-corrected chi connectivity index (χ3v) is 4.29. The highest BCUT2D eigenvalue weighted by atomic mass is 32.2. The lowest BCUT2D eigenvalue weighted by Gasteiger charge is -2.23. The zero-order valence-electron chi connectivity index (χ0n) is 10.00. The van der Waals surface area contributed by atoms with E-state index in [1.54, 1.807) is 0 Å². The molecular weight excluding hydrogens is 208 g/mol. The van der Waals surface area contributed by atoms with Gasteiger partial charge < -0.3 is 10.2 Å². The smallest absolute Gasteiger partial charge is 0.0362 e. The van der Waals surface area contributed by atoms with Gasteiger partial charge in [-0.05, 0) is 25.9 Å². The second kappa shape index (κ2) is 7.36. The molecule has 0 saturated carbocycles. The lowest BCUT2D eigenvalue weighted by Crippen LogP contribution is -2.38. The second-order valence-electron chi connectivity index (χ2n) is 4.15. The molecule has 1 fully saturated rings. The van der Waals surface area contributed by atoms with Crippen LogP contribution in [-0.2, 0) is 10.8 Å². The minimum absolute atomic E-state index is 0.610. The Kier molecular flexibility index (Phi) is 6.45.